The number of carbonyl (C=O) groups is 1. The number of amides is 1. The second kappa shape index (κ2) is 9.66. The zero-order chi connectivity index (χ0) is 20.7. The molecule has 152 valence electrons. The summed E-state index contributed by atoms with van der Waals surface area (Å²) in [6.07, 6.45) is 0.0370. The van der Waals surface area contributed by atoms with Crippen LogP contribution in [0.4, 0.5) is 4.39 Å². The van der Waals surface area contributed by atoms with Crippen LogP contribution in [0.15, 0.2) is 47.4 Å². The fourth-order valence-corrected chi connectivity index (χ4v) is 4.22. The lowest BCUT2D eigenvalue weighted by Gasteiger charge is -2.18. The van der Waals surface area contributed by atoms with Crippen LogP contribution >= 0.6 is 0 Å². The van der Waals surface area contributed by atoms with E-state index in [9.17, 15) is 17.6 Å². The third-order valence-corrected chi connectivity index (χ3v) is 6.40. The minimum atomic E-state index is -3.50. The van der Waals surface area contributed by atoms with Crippen LogP contribution in [0.2, 0.25) is 0 Å². The monoisotopic (exact) mass is 408 g/mol. The van der Waals surface area contributed by atoms with Crippen molar-refractivity contribution in [2.45, 2.75) is 31.7 Å². The first-order valence-corrected chi connectivity index (χ1v) is 10.4. The van der Waals surface area contributed by atoms with Crippen molar-refractivity contribution < 1.29 is 22.3 Å². The number of hydrogen-bond acceptors (Lipinski definition) is 4. The average molecular weight is 408 g/mol. The summed E-state index contributed by atoms with van der Waals surface area (Å²) in [5, 5.41) is 2.75. The molecule has 0 saturated heterocycles. The van der Waals surface area contributed by atoms with Gasteiger partial charge in [0.25, 0.3) is 0 Å². The summed E-state index contributed by atoms with van der Waals surface area (Å²) in [6, 6.07) is 10.8. The molecular formula is C20H25FN2O4S. The van der Waals surface area contributed by atoms with Crippen LogP contribution in [0.3, 0.4) is 0 Å². The molecule has 1 amide bonds. The first-order valence-electron chi connectivity index (χ1n) is 9.00. The summed E-state index contributed by atoms with van der Waals surface area (Å²) < 4.78 is 44.9. The summed E-state index contributed by atoms with van der Waals surface area (Å²) in [4.78, 5) is 12.3. The minimum Gasteiger partial charge on any atom is -0.494 e. The maximum atomic E-state index is 13.7. The van der Waals surface area contributed by atoms with Crippen LogP contribution in [0, 0.1) is 5.82 Å². The highest BCUT2D eigenvalue weighted by molar-refractivity contribution is 7.89. The predicted octanol–water partition coefficient (Wildman–Crippen LogP) is 2.72. The van der Waals surface area contributed by atoms with Crippen molar-refractivity contribution in [3.8, 4) is 5.75 Å². The number of nitrogens with zero attached hydrogens (tertiary/aromatic N) is 1. The molecule has 0 atom stereocenters. The van der Waals surface area contributed by atoms with Gasteiger partial charge in [-0.3, -0.25) is 4.79 Å². The number of carbonyl (C=O) groups excluding carboxylic acids is 1. The number of ether oxygens (including phenoxy) is 1. The van der Waals surface area contributed by atoms with Crippen molar-refractivity contribution in [2.75, 3.05) is 20.2 Å². The highest BCUT2D eigenvalue weighted by atomic mass is 32.2. The maximum Gasteiger partial charge on any atom is 0.243 e. The van der Waals surface area contributed by atoms with Gasteiger partial charge in [0, 0.05) is 19.6 Å². The molecule has 0 aliphatic carbocycles. The highest BCUT2D eigenvalue weighted by Crippen LogP contribution is 2.18. The lowest BCUT2D eigenvalue weighted by molar-refractivity contribution is -0.120. The summed E-state index contributed by atoms with van der Waals surface area (Å²) in [6.45, 7) is 4.65. The van der Waals surface area contributed by atoms with E-state index in [1.54, 1.807) is 32.0 Å². The Morgan fingerprint density at radius 1 is 1.07 bits per heavy atom. The zero-order valence-corrected chi connectivity index (χ0v) is 17.1. The second-order valence-electron chi connectivity index (χ2n) is 6.16. The van der Waals surface area contributed by atoms with E-state index in [1.807, 2.05) is 0 Å². The third-order valence-electron chi connectivity index (χ3n) is 4.34. The molecule has 2 rings (SSSR count). The van der Waals surface area contributed by atoms with E-state index in [-0.39, 0.29) is 29.5 Å². The van der Waals surface area contributed by atoms with E-state index in [1.165, 1.54) is 35.7 Å². The first-order chi connectivity index (χ1) is 13.3. The van der Waals surface area contributed by atoms with Crippen LogP contribution in [0.25, 0.3) is 0 Å². The van der Waals surface area contributed by atoms with Gasteiger partial charge in [0.1, 0.15) is 0 Å². The van der Waals surface area contributed by atoms with Crippen LogP contribution in [-0.2, 0) is 27.8 Å². The summed E-state index contributed by atoms with van der Waals surface area (Å²) in [5.41, 5.74) is 1.31. The Bertz CT molecular complexity index is 910. The van der Waals surface area contributed by atoms with E-state index >= 15 is 0 Å². The lowest BCUT2D eigenvalue weighted by atomic mass is 10.1. The van der Waals surface area contributed by atoms with Gasteiger partial charge in [0.05, 0.1) is 18.4 Å². The number of rotatable bonds is 9. The van der Waals surface area contributed by atoms with Gasteiger partial charge in [-0.1, -0.05) is 32.0 Å². The molecule has 0 aromatic heterocycles. The van der Waals surface area contributed by atoms with E-state index in [2.05, 4.69) is 5.32 Å². The standard InChI is InChI=1S/C20H25FN2O4S/c1-4-23(5-2)28(25,26)17-9-6-15(7-10-17)14-22-20(24)13-16-8-11-19(27-3)18(21)12-16/h6-12H,4-5,13-14H2,1-3H3,(H,22,24). The number of benzene rings is 2. The molecule has 2 aromatic carbocycles. The molecule has 2 aromatic rings. The van der Waals surface area contributed by atoms with E-state index in [0.717, 1.165) is 5.56 Å². The van der Waals surface area contributed by atoms with Crippen molar-refractivity contribution in [3.63, 3.8) is 0 Å². The number of nitrogens with one attached hydrogen (secondary N) is 1. The van der Waals surface area contributed by atoms with Crippen LogP contribution in [-0.4, -0.2) is 38.8 Å². The van der Waals surface area contributed by atoms with Gasteiger partial charge in [0.15, 0.2) is 11.6 Å². The third kappa shape index (κ3) is 5.30. The molecule has 0 unspecified atom stereocenters. The van der Waals surface area contributed by atoms with Gasteiger partial charge >= 0.3 is 0 Å². The molecule has 0 aliphatic rings. The number of methoxy groups -OCH3 is 1. The Hall–Kier alpha value is -2.45. The highest BCUT2D eigenvalue weighted by Gasteiger charge is 2.21. The van der Waals surface area contributed by atoms with Gasteiger partial charge in [-0.15, -0.1) is 0 Å². The minimum absolute atomic E-state index is 0.0370. The van der Waals surface area contributed by atoms with Crippen LogP contribution in [0.5, 0.6) is 5.75 Å². The normalized spacial score (nSPS) is 11.5. The smallest absolute Gasteiger partial charge is 0.243 e. The number of sulfonamides is 1. The van der Waals surface area contributed by atoms with Crippen molar-refractivity contribution >= 4 is 15.9 Å². The maximum absolute atomic E-state index is 13.7. The Morgan fingerprint density at radius 3 is 2.21 bits per heavy atom. The molecule has 1 N–H and O–H groups in total. The molecule has 0 heterocycles. The van der Waals surface area contributed by atoms with Crippen molar-refractivity contribution in [3.05, 3.63) is 59.4 Å². The molecule has 8 heteroatoms. The number of halogens is 1. The van der Waals surface area contributed by atoms with Gasteiger partial charge in [0.2, 0.25) is 15.9 Å². The molecule has 0 spiro atoms. The molecule has 0 bridgehead atoms. The first kappa shape index (κ1) is 21.8. The summed E-state index contributed by atoms with van der Waals surface area (Å²) in [7, 11) is -2.12. The van der Waals surface area contributed by atoms with E-state index in [0.29, 0.717) is 18.7 Å². The molecule has 0 aliphatic heterocycles. The van der Waals surface area contributed by atoms with E-state index in [4.69, 9.17) is 4.74 Å². The van der Waals surface area contributed by atoms with Gasteiger partial charge < -0.3 is 10.1 Å². The van der Waals surface area contributed by atoms with Crippen LogP contribution < -0.4 is 10.1 Å². The van der Waals surface area contributed by atoms with Gasteiger partial charge in [-0.2, -0.15) is 4.31 Å². The summed E-state index contributed by atoms with van der Waals surface area (Å²) >= 11 is 0. The zero-order valence-electron chi connectivity index (χ0n) is 16.2. The molecule has 0 fully saturated rings. The fraction of sp³-hybridized carbons (Fsp3) is 0.350. The molecule has 0 radical (unpaired) electrons. The Morgan fingerprint density at radius 2 is 1.68 bits per heavy atom. The molecule has 0 saturated carbocycles. The quantitative estimate of drug-likeness (QED) is 0.692. The predicted molar refractivity (Wildman–Crippen MR) is 105 cm³/mol. The lowest BCUT2D eigenvalue weighted by Crippen LogP contribution is -2.30. The Labute approximate surface area is 165 Å². The molecule has 6 nitrogen and oxygen atoms in total. The fourth-order valence-electron chi connectivity index (χ4n) is 2.76. The largest absolute Gasteiger partial charge is 0.494 e. The van der Waals surface area contributed by atoms with Gasteiger partial charge in [-0.05, 0) is 35.4 Å². The van der Waals surface area contributed by atoms with Crippen molar-refractivity contribution in [2.24, 2.45) is 0 Å². The van der Waals surface area contributed by atoms with Crippen molar-refractivity contribution in [1.29, 1.82) is 0 Å². The van der Waals surface area contributed by atoms with Crippen molar-refractivity contribution in [1.82, 2.24) is 9.62 Å². The molecular weight excluding hydrogens is 383 g/mol. The average Bonchev–Trinajstić information content (AvgIpc) is 2.67. The topological polar surface area (TPSA) is 75.7 Å². The number of hydrogen-bond donors (Lipinski definition) is 1. The Kier molecular flexibility index (Phi) is 7.53. The van der Waals surface area contributed by atoms with Gasteiger partial charge in [-0.25, -0.2) is 12.8 Å². The SMILES string of the molecule is CCN(CC)S(=O)(=O)c1ccc(CNC(=O)Cc2ccc(OC)c(F)c2)cc1. The van der Waals surface area contributed by atoms with E-state index < -0.39 is 15.8 Å². The second-order valence-corrected chi connectivity index (χ2v) is 8.09. The Balaban J connectivity index is 1.96. The van der Waals surface area contributed by atoms with Crippen LogP contribution in [0.1, 0.15) is 25.0 Å². The molecule has 28 heavy (non-hydrogen) atoms. The summed E-state index contributed by atoms with van der Waals surface area (Å²) in [5.74, 6) is -0.647.